The van der Waals surface area contributed by atoms with Crippen LogP contribution in [0.2, 0.25) is 0 Å². The zero-order valence-corrected chi connectivity index (χ0v) is 64.9. The van der Waals surface area contributed by atoms with Gasteiger partial charge in [-0.05, 0) is 124 Å². The Morgan fingerprint density at radius 2 is 0.939 bits per heavy atom. The molecule has 20 N–H and O–H groups in total. The number of hydrogen-bond acceptors (Lipinski definition) is 38. The predicted molar refractivity (Wildman–Crippen MR) is 372 cm³/mol. The third-order valence-electron chi connectivity index (χ3n) is 28.5. The third kappa shape index (κ3) is 15.5. The van der Waals surface area contributed by atoms with Crippen LogP contribution in [0.3, 0.4) is 0 Å². The minimum Gasteiger partial charge on any atom is -0.479 e. The van der Waals surface area contributed by atoms with Gasteiger partial charge in [-0.1, -0.05) is 53.2 Å². The van der Waals surface area contributed by atoms with Crippen molar-refractivity contribution < 1.29 is 192 Å². The molecule has 39 nitrogen and oxygen atoms in total. The average Bonchev–Trinajstić information content (AvgIpc) is 0.673. The Morgan fingerprint density at radius 1 is 0.447 bits per heavy atom. The Morgan fingerprint density at radius 3 is 1.54 bits per heavy atom. The van der Waals surface area contributed by atoms with E-state index in [1.165, 1.54) is 20.8 Å². The summed E-state index contributed by atoms with van der Waals surface area (Å²) in [4.78, 5) is 43.6. The molecule has 8 aliphatic heterocycles. The number of aliphatic hydroxyl groups excluding tert-OH is 19. The smallest absolute Gasteiger partial charge is 0.335 e. The van der Waals surface area contributed by atoms with E-state index in [1.807, 2.05) is 0 Å². The quantitative estimate of drug-likeness (QED) is 0.0247. The number of carboxylic acid groups (broad SMARTS) is 1. The molecule has 4 saturated carbocycles. The lowest BCUT2D eigenvalue weighted by Crippen LogP contribution is -2.69. The molecule has 0 bridgehead atoms. The van der Waals surface area contributed by atoms with Crippen LogP contribution in [-0.2, 0) is 90.2 Å². The highest BCUT2D eigenvalue weighted by atomic mass is 16.8. The zero-order valence-electron chi connectivity index (χ0n) is 64.9. The molecule has 0 aromatic heterocycles. The van der Waals surface area contributed by atoms with Gasteiger partial charge in [0.2, 0.25) is 6.29 Å². The summed E-state index contributed by atoms with van der Waals surface area (Å²) in [5, 5.41) is 220. The topological polar surface area (TPSA) is 603 Å². The Hall–Kier alpha value is -3.01. The second-order valence-corrected chi connectivity index (χ2v) is 35.8. The Bertz CT molecular complexity index is 3360. The van der Waals surface area contributed by atoms with Gasteiger partial charge in [0.15, 0.2) is 56.2 Å². The molecule has 0 amide bonds. The summed E-state index contributed by atoms with van der Waals surface area (Å²) in [5.41, 5.74) is -3.86. The molecule has 0 aromatic rings. The molecule has 8 saturated heterocycles. The minimum atomic E-state index is -2.22. The Labute approximate surface area is 656 Å². The Kier molecular flexibility index (Phi) is 26.2. The highest BCUT2D eigenvalue weighted by Crippen LogP contribution is 2.76. The number of aldehydes is 1. The normalized spacial score (nSPS) is 55.1. The van der Waals surface area contributed by atoms with Crippen LogP contribution in [0.4, 0.5) is 0 Å². The fraction of sp³-hybridized carbons (Fsp3) is 0.933. The van der Waals surface area contributed by atoms with Crippen LogP contribution >= 0.6 is 0 Å². The lowest BCUT2D eigenvalue weighted by Gasteiger charge is -2.71. The number of carbonyl (C=O) groups is 3. The molecule has 0 unspecified atom stereocenters. The van der Waals surface area contributed by atoms with Crippen LogP contribution in [0.5, 0.6) is 0 Å². The van der Waals surface area contributed by atoms with Gasteiger partial charge >= 0.3 is 11.9 Å². The Balaban J connectivity index is 0.764. The van der Waals surface area contributed by atoms with Crippen molar-refractivity contribution >= 4 is 18.2 Å². The van der Waals surface area contributed by atoms with Gasteiger partial charge < -0.3 is 183 Å². The van der Waals surface area contributed by atoms with Gasteiger partial charge in [0.25, 0.3) is 0 Å². The van der Waals surface area contributed by atoms with E-state index in [0.717, 1.165) is 11.9 Å². The van der Waals surface area contributed by atoms with Crippen molar-refractivity contribution in [2.45, 2.75) is 360 Å². The summed E-state index contributed by atoms with van der Waals surface area (Å²) in [7, 11) is 0. The van der Waals surface area contributed by atoms with Crippen molar-refractivity contribution in [2.75, 3.05) is 26.4 Å². The van der Waals surface area contributed by atoms with Gasteiger partial charge in [0.1, 0.15) is 153 Å². The summed E-state index contributed by atoms with van der Waals surface area (Å²) < 4.78 is 97.1. The van der Waals surface area contributed by atoms with Crippen LogP contribution in [0.1, 0.15) is 127 Å². The van der Waals surface area contributed by atoms with E-state index in [2.05, 4.69) is 40.7 Å². The first-order valence-corrected chi connectivity index (χ1v) is 39.7. The molecule has 13 rings (SSSR count). The maximum atomic E-state index is 16.2. The maximum Gasteiger partial charge on any atom is 0.335 e. The van der Waals surface area contributed by atoms with Crippen molar-refractivity contribution in [2.24, 2.45) is 50.2 Å². The highest BCUT2D eigenvalue weighted by Gasteiger charge is 2.72. The van der Waals surface area contributed by atoms with Crippen molar-refractivity contribution in [3.63, 3.8) is 0 Å². The van der Waals surface area contributed by atoms with E-state index < -0.39 is 311 Å². The molecular formula is C75H118O39. The van der Waals surface area contributed by atoms with Gasteiger partial charge in [-0.25, -0.2) is 4.79 Å². The number of aliphatic carboxylic acids is 1. The van der Waals surface area contributed by atoms with Crippen LogP contribution < -0.4 is 0 Å². The molecule has 0 spiro atoms. The molecule has 12 fully saturated rings. The lowest BCUT2D eigenvalue weighted by atomic mass is 9.33. The van der Waals surface area contributed by atoms with Crippen LogP contribution in [0.25, 0.3) is 0 Å². The largest absolute Gasteiger partial charge is 0.479 e. The van der Waals surface area contributed by atoms with E-state index in [0.29, 0.717) is 51.4 Å². The number of hydrogen-bond donors (Lipinski definition) is 20. The monoisotopic (exact) mass is 1640 g/mol. The van der Waals surface area contributed by atoms with Crippen molar-refractivity contribution in [3.8, 4) is 0 Å². The number of esters is 1. The molecule has 8 heterocycles. The number of rotatable bonds is 19. The zero-order chi connectivity index (χ0) is 83.0. The van der Waals surface area contributed by atoms with Crippen LogP contribution in [0.15, 0.2) is 11.6 Å². The summed E-state index contributed by atoms with van der Waals surface area (Å²) in [6.07, 6.45) is -60.4. The summed E-state index contributed by atoms with van der Waals surface area (Å²) in [5.74, 6) is -3.56. The molecule has 13 aliphatic rings. The summed E-state index contributed by atoms with van der Waals surface area (Å²) in [6, 6.07) is 0. The number of ether oxygens (including phenoxy) is 16. The second-order valence-electron chi connectivity index (χ2n) is 35.8. The van der Waals surface area contributed by atoms with Crippen LogP contribution in [-0.4, -0.2) is 380 Å². The van der Waals surface area contributed by atoms with E-state index >= 15 is 4.79 Å². The van der Waals surface area contributed by atoms with E-state index in [9.17, 15) is 112 Å². The molecule has 46 atom stereocenters. The molecule has 0 aromatic carbocycles. The fourth-order valence-electron chi connectivity index (χ4n) is 21.3. The molecular weight excluding hydrogens is 1520 g/mol. The summed E-state index contributed by atoms with van der Waals surface area (Å²) in [6.45, 7) is 14.3. The van der Waals surface area contributed by atoms with Gasteiger partial charge in [-0.3, -0.25) is 4.79 Å². The molecule has 652 valence electrons. The second kappa shape index (κ2) is 33.7. The molecule has 39 heteroatoms. The van der Waals surface area contributed by atoms with Crippen molar-refractivity contribution in [1.29, 1.82) is 0 Å². The third-order valence-corrected chi connectivity index (χ3v) is 28.5. The van der Waals surface area contributed by atoms with Gasteiger partial charge in [0, 0.05) is 0 Å². The minimum absolute atomic E-state index is 0.117. The SMILES string of the molecule is C[C@@H]1O[C@@H](O[C@H]2[C@H](O)[C@@H](C)O[C@@H](OC(=O)[C@]34CCC(C)(C)C[C@H]3C3=CC[C@@H]5[C@@]6(C)CC[C@H](O[C@@H]7O[C@H](C(=O)O)[C@@H](O)[C@H](O[C@@H]8OC[C@H](O)[C@H](O)[C@H]8O)[C@H]7O[C@@H]7O[C@H](CO)[C@H](O)[C@H](O)[C@H]7O)[C@@](C)(C=O)[C@@H]6CC[C@@]5(C)[C@]3(C)CC4)[C@@H]2O[C@@H]2O[C@@H](C)[C@H](O[C@@H]3OC[C@@H](O)[C@H](O[C@@H]4OC[C@@H](O)[C@H](O)[C@H]4O)[C@H]3O)[C@@H](O)[C@H]2O)[C@H](O)[C@H](O)[C@H]1O. The van der Waals surface area contributed by atoms with E-state index in [1.54, 1.807) is 6.92 Å². The van der Waals surface area contributed by atoms with E-state index in [4.69, 9.17) is 75.8 Å². The van der Waals surface area contributed by atoms with E-state index in [-0.39, 0.29) is 24.2 Å². The first kappa shape index (κ1) is 88.8. The maximum absolute atomic E-state index is 16.2. The van der Waals surface area contributed by atoms with Crippen LogP contribution in [0, 0.1) is 50.2 Å². The number of aliphatic hydroxyl groups is 19. The van der Waals surface area contributed by atoms with Crippen molar-refractivity contribution in [1.82, 2.24) is 0 Å². The number of allylic oxidation sites excluding steroid dienone is 2. The number of fused-ring (bicyclic) bond motifs is 7. The standard InChI is InChI=1S/C75H118O39/c1-26-38(81)43(86)48(91)64(102-26)110-55-39(82)27(2)103-67(58(55)112-65-50(93)45(88)53(28(3)104-65)107-63-52(95)54(33(80)24-101-63)108-61-46(89)40(83)31(78)22-99-61)114-69(98)75-18-16-70(4,5)20-30(75)29-10-11-36-71(6)14-13-37(72(7,25-77)35(71)12-15-74(36,9)73(29,8)17-19-75)106-68-59(113-66-49(92)44(87)42(85)34(21-76)105-66)56(51(94)57(111-68)60(96)97)109-62-47(90)41(84)32(79)23-100-62/h10,25-28,30-59,61-68,76,78-95H,11-24H2,1-9H3,(H,96,97)/t26-,27+,28-,30-,31+,32-,33+,34+,35+,36+,37-,38-,39+,40-,41-,42-,43+,44-,45-,46+,47+,48+,49+,50+,51-,52+,53-,54-,55-,56-,57-,58+,59+,61-,62-,63-,64-,65-,66-,67-,68+,71-,72-,73+,74+,75-/m0/s1. The molecule has 114 heavy (non-hydrogen) atoms. The van der Waals surface area contributed by atoms with Gasteiger partial charge in [-0.2, -0.15) is 0 Å². The van der Waals surface area contributed by atoms with Crippen molar-refractivity contribution in [3.05, 3.63) is 11.6 Å². The first-order chi connectivity index (χ1) is 53.5. The van der Waals surface area contributed by atoms with Gasteiger partial charge in [0.05, 0.1) is 61.7 Å². The lowest BCUT2D eigenvalue weighted by molar-refractivity contribution is -0.392. The number of carboxylic acids is 1. The molecule has 5 aliphatic carbocycles. The predicted octanol–water partition coefficient (Wildman–Crippen LogP) is -6.47. The fourth-order valence-corrected chi connectivity index (χ4v) is 21.3. The first-order valence-electron chi connectivity index (χ1n) is 39.7. The molecule has 0 radical (unpaired) electrons. The average molecular weight is 1640 g/mol. The summed E-state index contributed by atoms with van der Waals surface area (Å²) >= 11 is 0. The highest BCUT2D eigenvalue weighted by molar-refractivity contribution is 5.79. The van der Waals surface area contributed by atoms with Gasteiger partial charge in [-0.15, -0.1) is 0 Å². The number of carbonyl (C=O) groups excluding carboxylic acids is 2.